The van der Waals surface area contributed by atoms with Crippen LogP contribution in [0, 0.1) is 0 Å². The molecule has 0 rings (SSSR count). The van der Waals surface area contributed by atoms with Crippen molar-refractivity contribution in [3.63, 3.8) is 0 Å². The van der Waals surface area contributed by atoms with Crippen molar-refractivity contribution < 1.29 is 24.3 Å². The van der Waals surface area contributed by atoms with Gasteiger partial charge in [-0.25, -0.2) is 9.93 Å². The van der Waals surface area contributed by atoms with E-state index in [0.717, 1.165) is 0 Å². The van der Waals surface area contributed by atoms with Gasteiger partial charge >= 0.3 is 27.3 Å². The minimum absolute atomic E-state index is 0. The van der Waals surface area contributed by atoms with Gasteiger partial charge in [0.25, 0.3) is 0 Å². The van der Waals surface area contributed by atoms with E-state index in [4.69, 9.17) is 19.6 Å². The van der Waals surface area contributed by atoms with Gasteiger partial charge in [-0.2, -0.15) is 0 Å². The Labute approximate surface area is 59.6 Å². The van der Waals surface area contributed by atoms with Crippen molar-refractivity contribution in [3.8, 4) is 0 Å². The Morgan fingerprint density at radius 2 is 1.71 bits per heavy atom. The van der Waals surface area contributed by atoms with Crippen LogP contribution in [0.25, 0.3) is 0 Å². The summed E-state index contributed by atoms with van der Waals surface area (Å²) in [5.41, 5.74) is 0. The van der Waals surface area contributed by atoms with Crippen LogP contribution in [0.1, 0.15) is 0 Å². The number of hydrogen-bond donors (Lipinski definition) is 1. The molecule has 0 aliphatic heterocycles. The maximum Gasteiger partial charge on any atom is 2.00 e. The minimum atomic E-state index is -5.09. The van der Waals surface area contributed by atoms with Gasteiger partial charge in [0.05, 0.1) is 7.82 Å². The summed E-state index contributed by atoms with van der Waals surface area (Å²) in [6.07, 6.45) is 0. The monoisotopic (exact) mass is 320 g/mol. The summed E-state index contributed by atoms with van der Waals surface area (Å²) in [5.74, 6) is 0. The van der Waals surface area contributed by atoms with Crippen molar-refractivity contribution >= 4 is 35.1 Å². The molecule has 0 unspecified atom stereocenters. The van der Waals surface area contributed by atoms with Crippen molar-refractivity contribution in [2.75, 3.05) is 0 Å². The van der Waals surface area contributed by atoms with Crippen LogP contribution in [-0.4, -0.2) is 32.6 Å². The standard InChI is InChI=1S/H3O5P.Pb/c1-5-6(2,3)4;/h1H,(H2,2,3,4);/q;+2/p-2. The molecule has 0 atom stereocenters. The molecule has 40 valence electrons. The topological polar surface area (TPSA) is 92.7 Å². The quantitative estimate of drug-likeness (QED) is 0.259. The predicted molar refractivity (Wildman–Crippen MR) is 17.1 cm³/mol. The third-order valence-corrected chi connectivity index (χ3v) is 0.300. The molecule has 2 radical (unpaired) electrons. The Morgan fingerprint density at radius 1 is 1.57 bits per heavy atom. The molecule has 0 amide bonds. The van der Waals surface area contributed by atoms with Gasteiger partial charge in [-0.3, -0.25) is 0 Å². The molecule has 0 aromatic carbocycles. The fourth-order valence-electron chi connectivity index (χ4n) is 0. The maximum atomic E-state index is 9.00. The number of hydrogen-bond acceptors (Lipinski definition) is 5. The van der Waals surface area contributed by atoms with Crippen molar-refractivity contribution in [3.05, 3.63) is 0 Å². The zero-order valence-corrected chi connectivity index (χ0v) is 7.81. The Morgan fingerprint density at radius 3 is 1.71 bits per heavy atom. The van der Waals surface area contributed by atoms with Crippen LogP contribution in [0.2, 0.25) is 0 Å². The fraction of sp³-hybridized carbons (Fsp3) is 0. The second-order valence-electron chi connectivity index (χ2n) is 0.529. The third kappa shape index (κ3) is 10.9. The van der Waals surface area contributed by atoms with Crippen LogP contribution in [0.5, 0.6) is 0 Å². The Kier molecular flexibility index (Phi) is 6.11. The number of phosphoric acid groups is 1. The molecule has 0 bridgehead atoms. The average Bonchev–Trinajstić information content (AvgIpc) is 1.35. The molecule has 5 nitrogen and oxygen atoms in total. The molecule has 0 aromatic rings. The molecule has 0 saturated carbocycles. The molecule has 1 N–H and O–H groups in total. The van der Waals surface area contributed by atoms with E-state index in [-0.39, 0.29) is 27.3 Å². The van der Waals surface area contributed by atoms with E-state index in [1.807, 2.05) is 0 Å². The molecule has 0 aromatic heterocycles. The van der Waals surface area contributed by atoms with Gasteiger partial charge in [-0.05, 0) is 0 Å². The van der Waals surface area contributed by atoms with Crippen LogP contribution >= 0.6 is 7.82 Å². The van der Waals surface area contributed by atoms with Gasteiger partial charge in [-0.15, -0.1) is 0 Å². The minimum Gasteiger partial charge on any atom is -0.788 e. The van der Waals surface area contributed by atoms with E-state index in [0.29, 0.717) is 0 Å². The molecule has 7 heteroatoms. The second kappa shape index (κ2) is 3.93. The summed E-state index contributed by atoms with van der Waals surface area (Å²) in [6.45, 7) is 0. The molecule has 0 fully saturated rings. The second-order valence-corrected chi connectivity index (χ2v) is 1.59. The summed E-state index contributed by atoms with van der Waals surface area (Å²) in [7, 11) is -5.09. The van der Waals surface area contributed by atoms with Gasteiger partial charge in [0.15, 0.2) is 0 Å². The van der Waals surface area contributed by atoms with E-state index >= 15 is 0 Å². The Balaban J connectivity index is 0. The molecule has 0 heterocycles. The van der Waals surface area contributed by atoms with Crippen molar-refractivity contribution in [2.45, 2.75) is 0 Å². The zero-order chi connectivity index (χ0) is 5.21. The fourth-order valence-corrected chi connectivity index (χ4v) is 0. The Bertz CT molecular complexity index is 72.1. The van der Waals surface area contributed by atoms with Gasteiger partial charge < -0.3 is 14.4 Å². The summed E-state index contributed by atoms with van der Waals surface area (Å²) in [4.78, 5) is 18.0. The van der Waals surface area contributed by atoms with E-state index < -0.39 is 7.82 Å². The first-order valence-electron chi connectivity index (χ1n) is 0.913. The van der Waals surface area contributed by atoms with Crippen molar-refractivity contribution in [2.24, 2.45) is 0 Å². The van der Waals surface area contributed by atoms with Crippen molar-refractivity contribution in [1.29, 1.82) is 0 Å². The molecule has 0 aliphatic rings. The number of rotatable bonds is 1. The van der Waals surface area contributed by atoms with Crippen molar-refractivity contribution in [1.82, 2.24) is 0 Å². The molecular weight excluding hydrogens is 318 g/mol. The van der Waals surface area contributed by atoms with E-state index in [1.165, 1.54) is 0 Å². The van der Waals surface area contributed by atoms with Crippen LogP contribution in [0.15, 0.2) is 0 Å². The van der Waals surface area contributed by atoms with Crippen LogP contribution in [-0.2, 0) is 9.24 Å². The summed E-state index contributed by atoms with van der Waals surface area (Å²) < 4.78 is 11.4. The van der Waals surface area contributed by atoms with Gasteiger partial charge in [0, 0.05) is 0 Å². The summed E-state index contributed by atoms with van der Waals surface area (Å²) >= 11 is 0. The zero-order valence-electron chi connectivity index (χ0n) is 3.03. The van der Waals surface area contributed by atoms with E-state index in [2.05, 4.69) is 4.67 Å². The Hall–Kier alpha value is 0.992. The maximum absolute atomic E-state index is 9.00. The molecule has 0 spiro atoms. The first-order valence-corrected chi connectivity index (χ1v) is 2.37. The van der Waals surface area contributed by atoms with Crippen LogP contribution in [0.4, 0.5) is 0 Å². The van der Waals surface area contributed by atoms with Crippen LogP contribution in [0.3, 0.4) is 0 Å². The molecular formula is HO5PPb. The SMILES string of the molecule is O=P([O-])([O-])OO.[Pb+2]. The normalized spacial score (nSPS) is 10.1. The smallest absolute Gasteiger partial charge is 0.788 e. The summed E-state index contributed by atoms with van der Waals surface area (Å²) in [6, 6.07) is 0. The third-order valence-electron chi connectivity index (χ3n) is 0.100. The molecule has 0 aliphatic carbocycles. The average molecular weight is 319 g/mol. The van der Waals surface area contributed by atoms with Crippen LogP contribution < -0.4 is 9.79 Å². The largest absolute Gasteiger partial charge is 2.00 e. The first kappa shape index (κ1) is 10.9. The molecule has 0 saturated heterocycles. The van der Waals surface area contributed by atoms with Gasteiger partial charge in [0.2, 0.25) is 0 Å². The van der Waals surface area contributed by atoms with Gasteiger partial charge in [0.1, 0.15) is 0 Å². The van der Waals surface area contributed by atoms with E-state index in [9.17, 15) is 0 Å². The van der Waals surface area contributed by atoms with E-state index in [1.54, 1.807) is 0 Å². The first-order chi connectivity index (χ1) is 2.56. The summed E-state index contributed by atoms with van der Waals surface area (Å²) in [5, 5.41) is 7.01. The predicted octanol–water partition coefficient (Wildman–Crippen LogP) is -2.08. The molecule has 7 heavy (non-hydrogen) atoms. The van der Waals surface area contributed by atoms with Gasteiger partial charge in [-0.1, -0.05) is 0 Å².